The van der Waals surface area contributed by atoms with Crippen LogP contribution in [0.5, 0.6) is 0 Å². The van der Waals surface area contributed by atoms with E-state index in [9.17, 15) is 4.79 Å². The average molecular weight is 851 g/mol. The Morgan fingerprint density at radius 2 is 1.48 bits per heavy atom. The molecule has 5 heteroatoms. The zero-order valence-corrected chi connectivity index (χ0v) is 39.3. The molecule has 0 aliphatic heterocycles. The molecule has 58 heavy (non-hydrogen) atoms. The molecule has 3 aliphatic carbocycles. The van der Waals surface area contributed by atoms with Crippen LogP contribution >= 0.6 is 47.0 Å². The van der Waals surface area contributed by atoms with Crippen molar-refractivity contribution in [2.75, 3.05) is 17.3 Å². The molecule has 0 fully saturated rings. The number of carbonyl (C=O) groups excluding carboxylic acids is 1. The van der Waals surface area contributed by atoms with E-state index in [4.69, 9.17) is 0 Å². The molecular weight excluding hydrogens is 781 g/mol. The number of benzene rings is 2. The van der Waals surface area contributed by atoms with Crippen molar-refractivity contribution in [1.82, 2.24) is 0 Å². The second-order valence-corrected chi connectivity index (χ2v) is 20.2. The molecule has 0 N–H and O–H groups in total. The highest BCUT2D eigenvalue weighted by molar-refractivity contribution is 8.06. The number of allylic oxidation sites excluding steroid dienone is 13. The minimum absolute atomic E-state index is 0.283. The van der Waals surface area contributed by atoms with Crippen LogP contribution in [0.3, 0.4) is 0 Å². The van der Waals surface area contributed by atoms with Crippen LogP contribution in [-0.2, 0) is 4.79 Å². The van der Waals surface area contributed by atoms with E-state index in [1.807, 2.05) is 59.6 Å². The highest BCUT2D eigenvalue weighted by atomic mass is 32.2. The third-order valence-electron chi connectivity index (χ3n) is 10.1. The molecule has 0 bridgehead atoms. The number of ketones is 1. The number of hydrogen-bond acceptors (Lipinski definition) is 5. The van der Waals surface area contributed by atoms with Crippen LogP contribution in [0.4, 0.5) is 0 Å². The standard InChI is InChI=1S/C35H48OS3.C11H14S.C7H8/c1-6-14-28(5)39-35-32(29(7-2)23-26(3)19-21-37-30-15-10-8-11-16-30)25-34(36)33(35)24-27(4)20-22-38-31-17-12-9-13-18-31;1-10(2)8-9-12-11-6-4-3-5-7-11;1-7-5-3-2-4-6-7/h9-10,12,15-17,29,32H,3-8,11,13-14,18-25H2,1-2H3;3-7H,1,8-9H2,2H3;2-6H,1H3. The Labute approximate surface area is 371 Å². The monoisotopic (exact) mass is 850 g/mol. The lowest BCUT2D eigenvalue weighted by Crippen LogP contribution is -2.15. The summed E-state index contributed by atoms with van der Waals surface area (Å²) in [5.41, 5.74) is 6.10. The quantitative estimate of drug-likeness (QED) is 0.0864. The SMILES string of the molecule is C=C(C)CCSc1ccccc1.C=C(CCSC1=CC=CCC1)CC1=C(SC(=C)CCC)C(C(CC)CC(=C)CCSC2=CCCC=C2)CC1=O.Cc1ccccc1. The molecular formula is C53H70OS4. The maximum absolute atomic E-state index is 13.4. The Bertz CT molecular complexity index is 1760. The first-order chi connectivity index (χ1) is 28.1. The third-order valence-corrected chi connectivity index (χ3v) is 14.6. The van der Waals surface area contributed by atoms with Crippen molar-refractivity contribution >= 4 is 52.8 Å². The van der Waals surface area contributed by atoms with Gasteiger partial charge in [0.15, 0.2) is 5.78 Å². The topological polar surface area (TPSA) is 17.1 Å². The van der Waals surface area contributed by atoms with Crippen LogP contribution in [0, 0.1) is 18.8 Å². The third kappa shape index (κ3) is 20.4. The van der Waals surface area contributed by atoms with Gasteiger partial charge in [-0.2, -0.15) is 0 Å². The van der Waals surface area contributed by atoms with E-state index in [1.165, 1.54) is 46.8 Å². The van der Waals surface area contributed by atoms with E-state index in [0.29, 0.717) is 24.5 Å². The minimum atomic E-state index is 0.283. The van der Waals surface area contributed by atoms with E-state index >= 15 is 0 Å². The maximum atomic E-state index is 13.4. The van der Waals surface area contributed by atoms with Crippen molar-refractivity contribution in [1.29, 1.82) is 0 Å². The van der Waals surface area contributed by atoms with Crippen molar-refractivity contribution in [2.24, 2.45) is 11.8 Å². The Balaban J connectivity index is 0.000000383. The molecule has 2 atom stereocenters. The van der Waals surface area contributed by atoms with Crippen LogP contribution in [0.2, 0.25) is 0 Å². The maximum Gasteiger partial charge on any atom is 0.160 e. The predicted molar refractivity (Wildman–Crippen MR) is 268 cm³/mol. The van der Waals surface area contributed by atoms with Crippen LogP contribution < -0.4 is 0 Å². The summed E-state index contributed by atoms with van der Waals surface area (Å²) in [7, 11) is 0. The lowest BCUT2D eigenvalue weighted by molar-refractivity contribution is -0.115. The van der Waals surface area contributed by atoms with Gasteiger partial charge in [-0.05, 0) is 106 Å². The highest BCUT2D eigenvalue weighted by Crippen LogP contribution is 2.48. The molecule has 5 rings (SSSR count). The largest absolute Gasteiger partial charge is 0.294 e. The van der Waals surface area contributed by atoms with Gasteiger partial charge in [-0.1, -0.05) is 165 Å². The molecule has 0 saturated carbocycles. The summed E-state index contributed by atoms with van der Waals surface area (Å²) in [5, 5.41) is 0. The molecule has 0 amide bonds. The molecule has 3 aliphatic rings. The van der Waals surface area contributed by atoms with Crippen LogP contribution in [-0.4, -0.2) is 23.0 Å². The summed E-state index contributed by atoms with van der Waals surface area (Å²) in [6, 6.07) is 20.7. The first-order valence-electron chi connectivity index (χ1n) is 21.4. The van der Waals surface area contributed by atoms with Gasteiger partial charge in [-0.3, -0.25) is 4.79 Å². The second kappa shape index (κ2) is 29.4. The van der Waals surface area contributed by atoms with Gasteiger partial charge < -0.3 is 0 Å². The summed E-state index contributed by atoms with van der Waals surface area (Å²) >= 11 is 7.58. The Morgan fingerprint density at radius 1 is 0.793 bits per heavy atom. The molecule has 2 aromatic carbocycles. The number of thioether (sulfide) groups is 4. The van der Waals surface area contributed by atoms with E-state index in [0.717, 1.165) is 93.5 Å². The fourth-order valence-corrected chi connectivity index (χ4v) is 11.3. The van der Waals surface area contributed by atoms with Crippen molar-refractivity contribution in [3.63, 3.8) is 0 Å². The zero-order chi connectivity index (χ0) is 42.0. The zero-order valence-electron chi connectivity index (χ0n) is 36.1. The first-order valence-corrected chi connectivity index (χ1v) is 25.1. The average Bonchev–Trinajstić information content (AvgIpc) is 3.51. The fraction of sp³-hybridized carbons (Fsp3) is 0.415. The fourth-order valence-electron chi connectivity index (χ4n) is 6.78. The Hall–Kier alpha value is -2.83. The summed E-state index contributed by atoms with van der Waals surface area (Å²) < 4.78 is 0. The Kier molecular flexibility index (Phi) is 25.1. The van der Waals surface area contributed by atoms with Gasteiger partial charge in [0.1, 0.15) is 0 Å². The van der Waals surface area contributed by atoms with Crippen molar-refractivity contribution < 1.29 is 4.79 Å². The molecule has 0 spiro atoms. The van der Waals surface area contributed by atoms with E-state index in [-0.39, 0.29) is 5.92 Å². The minimum Gasteiger partial charge on any atom is -0.294 e. The van der Waals surface area contributed by atoms with E-state index in [2.05, 4.69) is 127 Å². The summed E-state index contributed by atoms with van der Waals surface area (Å²) in [6.45, 7) is 25.7. The number of rotatable bonds is 22. The Morgan fingerprint density at radius 3 is 2.09 bits per heavy atom. The molecule has 0 saturated heterocycles. The number of hydrogen-bond donors (Lipinski definition) is 0. The van der Waals surface area contributed by atoms with Crippen LogP contribution in [0.1, 0.15) is 110 Å². The summed E-state index contributed by atoms with van der Waals surface area (Å²) in [5.74, 6) is 4.32. The van der Waals surface area contributed by atoms with Gasteiger partial charge in [0, 0.05) is 49.9 Å². The van der Waals surface area contributed by atoms with Crippen LogP contribution in [0.15, 0.2) is 170 Å². The van der Waals surface area contributed by atoms with E-state index < -0.39 is 0 Å². The van der Waals surface area contributed by atoms with Gasteiger partial charge in [0.05, 0.1) is 0 Å². The smallest absolute Gasteiger partial charge is 0.160 e. The molecule has 312 valence electrons. The molecule has 0 aromatic heterocycles. The molecule has 0 heterocycles. The van der Waals surface area contributed by atoms with Crippen molar-refractivity contribution in [3.05, 3.63) is 171 Å². The summed E-state index contributed by atoms with van der Waals surface area (Å²) in [4.78, 5) is 20.1. The van der Waals surface area contributed by atoms with Gasteiger partial charge in [-0.15, -0.1) is 41.9 Å². The van der Waals surface area contributed by atoms with Gasteiger partial charge >= 0.3 is 0 Å². The lowest BCUT2D eigenvalue weighted by atomic mass is 9.84. The van der Waals surface area contributed by atoms with E-state index in [1.54, 1.807) is 11.8 Å². The van der Waals surface area contributed by atoms with Crippen molar-refractivity contribution in [3.8, 4) is 0 Å². The molecule has 0 radical (unpaired) electrons. The molecule has 2 aromatic rings. The van der Waals surface area contributed by atoms with Gasteiger partial charge in [-0.25, -0.2) is 0 Å². The molecule has 1 nitrogen and oxygen atoms in total. The predicted octanol–water partition coefficient (Wildman–Crippen LogP) is 17.2. The second-order valence-electron chi connectivity index (χ2n) is 15.4. The number of Topliss-reactive ketones (excluding diaryl/α,β-unsaturated/α-hetero) is 1. The highest BCUT2D eigenvalue weighted by Gasteiger charge is 2.37. The van der Waals surface area contributed by atoms with Gasteiger partial charge in [0.2, 0.25) is 0 Å². The van der Waals surface area contributed by atoms with Gasteiger partial charge in [0.25, 0.3) is 0 Å². The summed E-state index contributed by atoms with van der Waals surface area (Å²) in [6.07, 6.45) is 26.7. The lowest BCUT2D eigenvalue weighted by Gasteiger charge is -2.26. The van der Waals surface area contributed by atoms with Crippen molar-refractivity contribution in [2.45, 2.75) is 116 Å². The number of aryl methyl sites for hydroxylation is 1. The number of carbonyl (C=O) groups is 1. The van der Waals surface area contributed by atoms with Crippen LogP contribution in [0.25, 0.3) is 0 Å². The first kappa shape index (κ1) is 49.5. The normalized spacial score (nSPS) is 16.3. The molecule has 2 unspecified atom stereocenters.